The highest BCUT2D eigenvalue weighted by Gasteiger charge is 2.12. The van der Waals surface area contributed by atoms with Crippen molar-refractivity contribution in [1.82, 2.24) is 0 Å². The van der Waals surface area contributed by atoms with Gasteiger partial charge in [0, 0.05) is 21.8 Å². The molecule has 0 bridgehead atoms. The van der Waals surface area contributed by atoms with Gasteiger partial charge in [0.05, 0.1) is 0 Å². The Morgan fingerprint density at radius 1 is 0.950 bits per heavy atom. The molecule has 20 heavy (non-hydrogen) atoms. The van der Waals surface area contributed by atoms with Gasteiger partial charge in [-0.15, -0.1) is 11.8 Å². The van der Waals surface area contributed by atoms with Gasteiger partial charge in [-0.05, 0) is 59.1 Å². The molecule has 0 atom stereocenters. The van der Waals surface area contributed by atoms with Gasteiger partial charge in [0.25, 0.3) is 10.5 Å². The number of hydrogen-bond acceptors (Lipinski definition) is 3. The van der Waals surface area contributed by atoms with E-state index in [1.165, 1.54) is 12.1 Å². The maximum atomic E-state index is 11.4. The third kappa shape index (κ3) is 3.85. The van der Waals surface area contributed by atoms with Crippen molar-refractivity contribution in [1.29, 1.82) is 0 Å². The first-order chi connectivity index (χ1) is 9.58. The summed E-state index contributed by atoms with van der Waals surface area (Å²) in [5, 5.41) is -1.09. The smallest absolute Gasteiger partial charge is 0.252 e. The number of halogens is 2. The zero-order chi connectivity index (χ0) is 14.5. The van der Waals surface area contributed by atoms with Gasteiger partial charge >= 0.3 is 0 Å². The van der Waals surface area contributed by atoms with Gasteiger partial charge in [0.1, 0.15) is 0 Å². The van der Waals surface area contributed by atoms with Crippen LogP contribution in [0.3, 0.4) is 0 Å². The van der Waals surface area contributed by atoms with Crippen LogP contribution in [-0.2, 0) is 5.75 Å². The van der Waals surface area contributed by atoms with E-state index in [-0.39, 0.29) is 0 Å². The van der Waals surface area contributed by atoms with Crippen molar-refractivity contribution in [2.24, 2.45) is 0 Å². The first kappa shape index (κ1) is 15.1. The molecule has 0 saturated carbocycles. The monoisotopic (exact) mass is 324 g/mol. The maximum absolute atomic E-state index is 11.4. The van der Waals surface area contributed by atoms with Crippen LogP contribution >= 0.6 is 35.0 Å². The lowest BCUT2D eigenvalue weighted by molar-refractivity contribution is 0.107. The molecule has 2 aromatic carbocycles. The third-order valence-corrected chi connectivity index (χ3v) is 4.16. The van der Waals surface area contributed by atoms with Crippen molar-refractivity contribution >= 4 is 45.4 Å². The van der Waals surface area contributed by atoms with Crippen LogP contribution in [0.2, 0.25) is 0 Å². The molecule has 0 aliphatic carbocycles. The number of thioether (sulfide) groups is 1. The largest absolute Gasteiger partial charge is 0.276 e. The molecule has 2 nitrogen and oxygen atoms in total. The minimum absolute atomic E-state index is 0.358. The number of hydrogen-bond donors (Lipinski definition) is 0. The molecule has 0 spiro atoms. The Kier molecular flexibility index (Phi) is 5.24. The molecule has 0 saturated heterocycles. The van der Waals surface area contributed by atoms with Gasteiger partial charge in [-0.25, -0.2) is 0 Å². The van der Waals surface area contributed by atoms with Crippen LogP contribution in [0, 0.1) is 0 Å². The third-order valence-electron chi connectivity index (χ3n) is 2.68. The Labute approximate surface area is 131 Å². The Morgan fingerprint density at radius 2 is 1.65 bits per heavy atom. The van der Waals surface area contributed by atoms with Crippen molar-refractivity contribution in [2.75, 3.05) is 0 Å². The van der Waals surface area contributed by atoms with Crippen molar-refractivity contribution in [3.05, 3.63) is 65.2 Å². The van der Waals surface area contributed by atoms with Crippen LogP contribution in [0.15, 0.2) is 53.4 Å². The fourth-order valence-corrected chi connectivity index (χ4v) is 2.92. The van der Waals surface area contributed by atoms with Gasteiger partial charge < -0.3 is 0 Å². The molecule has 0 aliphatic heterocycles. The Balaban J connectivity index is 2.26. The van der Waals surface area contributed by atoms with Crippen LogP contribution in [0.1, 0.15) is 26.3 Å². The Bertz CT molecular complexity index is 642. The lowest BCUT2D eigenvalue weighted by Gasteiger charge is -2.07. The fourth-order valence-electron chi connectivity index (χ4n) is 1.70. The molecule has 0 unspecified atom stereocenters. The van der Waals surface area contributed by atoms with Crippen LogP contribution in [-0.4, -0.2) is 10.5 Å². The van der Waals surface area contributed by atoms with Crippen molar-refractivity contribution in [2.45, 2.75) is 10.6 Å². The highest BCUT2D eigenvalue weighted by Crippen LogP contribution is 2.26. The summed E-state index contributed by atoms with van der Waals surface area (Å²) in [6, 6.07) is 14.4. The highest BCUT2D eigenvalue weighted by atomic mass is 35.5. The van der Waals surface area contributed by atoms with Crippen LogP contribution in [0.25, 0.3) is 0 Å². The van der Waals surface area contributed by atoms with E-state index < -0.39 is 10.5 Å². The lowest BCUT2D eigenvalue weighted by atomic mass is 10.1. The fraction of sp³-hybridized carbons (Fsp3) is 0.0667. The topological polar surface area (TPSA) is 34.1 Å². The van der Waals surface area contributed by atoms with Gasteiger partial charge in [-0.2, -0.15) is 0 Å². The number of rotatable bonds is 5. The van der Waals surface area contributed by atoms with E-state index in [9.17, 15) is 9.59 Å². The normalized spacial score (nSPS) is 10.3. The number of carbonyl (C=O) groups excluding carboxylic acids is 2. The molecule has 0 aliphatic rings. The summed E-state index contributed by atoms with van der Waals surface area (Å²) in [6.07, 6.45) is 0. The molecule has 0 amide bonds. The molecule has 0 N–H and O–H groups in total. The summed E-state index contributed by atoms with van der Waals surface area (Å²) < 4.78 is 0. The molecular formula is C15H10Cl2O2S. The number of carbonyl (C=O) groups is 2. The van der Waals surface area contributed by atoms with E-state index in [2.05, 4.69) is 0 Å². The van der Waals surface area contributed by atoms with Crippen molar-refractivity contribution < 1.29 is 9.59 Å². The summed E-state index contributed by atoms with van der Waals surface area (Å²) in [5.74, 6) is 0.538. The lowest BCUT2D eigenvalue weighted by Crippen LogP contribution is -2.00. The zero-order valence-electron chi connectivity index (χ0n) is 10.3. The predicted molar refractivity (Wildman–Crippen MR) is 82.8 cm³/mol. The quantitative estimate of drug-likeness (QED) is 0.588. The average Bonchev–Trinajstić information content (AvgIpc) is 2.45. The second-order valence-corrected chi connectivity index (χ2v) is 5.76. The van der Waals surface area contributed by atoms with Crippen LogP contribution in [0.4, 0.5) is 0 Å². The van der Waals surface area contributed by atoms with E-state index >= 15 is 0 Å². The van der Waals surface area contributed by atoms with E-state index in [4.69, 9.17) is 23.2 Å². The molecule has 0 radical (unpaired) electrons. The first-order valence-electron chi connectivity index (χ1n) is 5.78. The molecule has 0 aromatic heterocycles. The van der Waals surface area contributed by atoms with E-state index in [1.807, 2.05) is 30.3 Å². The first-order valence-corrected chi connectivity index (χ1v) is 7.52. The summed E-state index contributed by atoms with van der Waals surface area (Å²) >= 11 is 12.6. The Morgan fingerprint density at radius 3 is 2.25 bits per heavy atom. The van der Waals surface area contributed by atoms with Gasteiger partial charge in [0.15, 0.2) is 0 Å². The molecule has 2 aromatic rings. The summed E-state index contributed by atoms with van der Waals surface area (Å²) in [5.41, 5.74) is 1.46. The van der Waals surface area contributed by atoms with Gasteiger partial charge in [-0.3, -0.25) is 9.59 Å². The average molecular weight is 325 g/mol. The number of benzene rings is 2. The Hall–Kier alpha value is -1.29. The van der Waals surface area contributed by atoms with Crippen molar-refractivity contribution in [3.8, 4) is 0 Å². The molecule has 5 heteroatoms. The molecular weight excluding hydrogens is 315 g/mol. The van der Waals surface area contributed by atoms with Crippen LogP contribution in [0.5, 0.6) is 0 Å². The molecule has 102 valence electrons. The molecule has 0 fully saturated rings. The van der Waals surface area contributed by atoms with Gasteiger partial charge in [-0.1, -0.05) is 18.2 Å². The standard InChI is InChI=1S/C15H10Cl2O2S/c16-14(18)10-6-7-13(15(17)19)11(8-10)9-20-12-4-2-1-3-5-12/h1-8H,9H2. The summed E-state index contributed by atoms with van der Waals surface area (Å²) in [6.45, 7) is 0. The van der Waals surface area contributed by atoms with Crippen LogP contribution < -0.4 is 0 Å². The summed E-state index contributed by atoms with van der Waals surface area (Å²) in [4.78, 5) is 23.7. The van der Waals surface area contributed by atoms with Gasteiger partial charge in [0.2, 0.25) is 0 Å². The molecule has 0 heterocycles. The van der Waals surface area contributed by atoms with Crippen molar-refractivity contribution in [3.63, 3.8) is 0 Å². The second-order valence-electron chi connectivity index (χ2n) is 4.02. The van der Waals surface area contributed by atoms with E-state index in [0.717, 1.165) is 4.90 Å². The van der Waals surface area contributed by atoms with E-state index in [1.54, 1.807) is 17.8 Å². The minimum Gasteiger partial charge on any atom is -0.276 e. The highest BCUT2D eigenvalue weighted by molar-refractivity contribution is 7.98. The molecule has 2 rings (SSSR count). The summed E-state index contributed by atoms with van der Waals surface area (Å²) in [7, 11) is 0. The second kappa shape index (κ2) is 6.93. The SMILES string of the molecule is O=C(Cl)c1ccc(C(=O)Cl)c(CSc2ccccc2)c1. The predicted octanol–water partition coefficient (Wildman–Crippen LogP) is 4.74. The zero-order valence-corrected chi connectivity index (χ0v) is 12.6. The maximum Gasteiger partial charge on any atom is 0.252 e. The van der Waals surface area contributed by atoms with E-state index in [0.29, 0.717) is 22.4 Å². The minimum atomic E-state index is -0.551.